The Labute approximate surface area is 155 Å². The van der Waals surface area contributed by atoms with E-state index in [1.165, 1.54) is 0 Å². The molecule has 25 heavy (non-hydrogen) atoms. The van der Waals surface area contributed by atoms with Gasteiger partial charge in [0.05, 0.1) is 5.54 Å². The zero-order valence-electron chi connectivity index (χ0n) is 14.2. The van der Waals surface area contributed by atoms with Crippen LogP contribution in [0.4, 0.5) is 0 Å². The number of carbonyl (C=O) groups is 1. The van der Waals surface area contributed by atoms with Gasteiger partial charge < -0.3 is 15.8 Å². The highest BCUT2D eigenvalue weighted by atomic mass is 35.5. The molecule has 1 aliphatic carbocycles. The maximum absolute atomic E-state index is 12.4. The molecule has 4 nitrogen and oxygen atoms in total. The number of amides is 1. The van der Waals surface area contributed by atoms with Crippen LogP contribution in [0.5, 0.6) is 5.75 Å². The van der Waals surface area contributed by atoms with E-state index in [4.69, 9.17) is 10.5 Å². The number of para-hydroxylation sites is 1. The van der Waals surface area contributed by atoms with Gasteiger partial charge in [-0.1, -0.05) is 61.4 Å². The average molecular weight is 361 g/mol. The lowest BCUT2D eigenvalue weighted by Gasteiger charge is -2.22. The second-order valence-corrected chi connectivity index (χ2v) is 6.43. The molecular formula is C20H25ClN2O2. The van der Waals surface area contributed by atoms with Gasteiger partial charge in [0.25, 0.3) is 0 Å². The third kappa shape index (κ3) is 4.97. The molecule has 1 saturated carbocycles. The van der Waals surface area contributed by atoms with Gasteiger partial charge in [-0.2, -0.15) is 0 Å². The lowest BCUT2D eigenvalue weighted by atomic mass is 9.98. The Morgan fingerprint density at radius 2 is 1.68 bits per heavy atom. The van der Waals surface area contributed by atoms with Crippen molar-refractivity contribution in [1.82, 2.24) is 5.32 Å². The minimum absolute atomic E-state index is 0. The molecule has 134 valence electrons. The van der Waals surface area contributed by atoms with Crippen LogP contribution in [-0.4, -0.2) is 11.4 Å². The Hall–Kier alpha value is -2.04. The van der Waals surface area contributed by atoms with Gasteiger partial charge in [-0.15, -0.1) is 12.4 Å². The molecule has 0 saturated heterocycles. The van der Waals surface area contributed by atoms with E-state index in [0.717, 1.165) is 42.6 Å². The molecule has 2 aromatic rings. The summed E-state index contributed by atoms with van der Waals surface area (Å²) in [4.78, 5) is 12.4. The molecule has 1 amide bonds. The van der Waals surface area contributed by atoms with Gasteiger partial charge in [0, 0.05) is 12.1 Å². The highest BCUT2D eigenvalue weighted by molar-refractivity contribution is 5.86. The molecule has 0 atom stereocenters. The van der Waals surface area contributed by atoms with E-state index in [2.05, 4.69) is 5.32 Å². The summed E-state index contributed by atoms with van der Waals surface area (Å²) in [6.07, 6.45) is 3.59. The second-order valence-electron chi connectivity index (χ2n) is 6.43. The van der Waals surface area contributed by atoms with Gasteiger partial charge in [-0.25, -0.2) is 0 Å². The Morgan fingerprint density at radius 3 is 2.40 bits per heavy atom. The molecule has 1 aliphatic rings. The van der Waals surface area contributed by atoms with Crippen molar-refractivity contribution in [3.8, 4) is 5.75 Å². The third-order valence-electron chi connectivity index (χ3n) is 4.60. The second kappa shape index (κ2) is 8.88. The smallest absolute Gasteiger partial charge is 0.240 e. The topological polar surface area (TPSA) is 64.4 Å². The highest BCUT2D eigenvalue weighted by Gasteiger charge is 2.36. The average Bonchev–Trinajstić information content (AvgIpc) is 3.07. The van der Waals surface area contributed by atoms with Crippen molar-refractivity contribution in [3.05, 3.63) is 65.7 Å². The van der Waals surface area contributed by atoms with E-state index in [-0.39, 0.29) is 18.3 Å². The molecule has 0 aliphatic heterocycles. The van der Waals surface area contributed by atoms with Gasteiger partial charge in [0.2, 0.25) is 5.91 Å². The Bertz CT molecular complexity index is 685. The maximum atomic E-state index is 12.4. The van der Waals surface area contributed by atoms with Crippen LogP contribution in [0.2, 0.25) is 0 Å². The quantitative estimate of drug-likeness (QED) is 0.827. The number of carbonyl (C=O) groups excluding carboxylic acids is 1. The largest absolute Gasteiger partial charge is 0.489 e. The molecule has 0 unspecified atom stereocenters. The van der Waals surface area contributed by atoms with Crippen molar-refractivity contribution in [3.63, 3.8) is 0 Å². The Morgan fingerprint density at radius 1 is 1.04 bits per heavy atom. The van der Waals surface area contributed by atoms with Crippen LogP contribution in [-0.2, 0) is 17.9 Å². The summed E-state index contributed by atoms with van der Waals surface area (Å²) >= 11 is 0. The van der Waals surface area contributed by atoms with E-state index in [1.54, 1.807) is 0 Å². The molecular weight excluding hydrogens is 336 g/mol. The predicted octanol–water partition coefficient (Wildman–Crippen LogP) is 3.58. The Kier molecular flexibility index (Phi) is 6.85. The third-order valence-corrected chi connectivity index (χ3v) is 4.60. The van der Waals surface area contributed by atoms with Crippen molar-refractivity contribution in [1.29, 1.82) is 0 Å². The van der Waals surface area contributed by atoms with Crippen molar-refractivity contribution >= 4 is 18.3 Å². The summed E-state index contributed by atoms with van der Waals surface area (Å²) in [5.41, 5.74) is 7.58. The zero-order chi connectivity index (χ0) is 16.8. The molecule has 0 radical (unpaired) electrons. The molecule has 2 aromatic carbocycles. The first-order valence-corrected chi connectivity index (χ1v) is 8.49. The number of nitrogens with one attached hydrogen (secondary N) is 1. The summed E-state index contributed by atoms with van der Waals surface area (Å²) in [5.74, 6) is 0.733. The van der Waals surface area contributed by atoms with Crippen LogP contribution in [0.3, 0.4) is 0 Å². The van der Waals surface area contributed by atoms with E-state index >= 15 is 0 Å². The summed E-state index contributed by atoms with van der Waals surface area (Å²) in [7, 11) is 0. The van der Waals surface area contributed by atoms with Gasteiger partial charge in [0.1, 0.15) is 12.4 Å². The monoisotopic (exact) mass is 360 g/mol. The first-order valence-electron chi connectivity index (χ1n) is 8.49. The van der Waals surface area contributed by atoms with Crippen LogP contribution >= 0.6 is 12.4 Å². The van der Waals surface area contributed by atoms with Crippen LogP contribution in [0.15, 0.2) is 54.6 Å². The summed E-state index contributed by atoms with van der Waals surface area (Å²) < 4.78 is 5.92. The fourth-order valence-electron chi connectivity index (χ4n) is 3.11. The molecule has 0 bridgehead atoms. The maximum Gasteiger partial charge on any atom is 0.240 e. The standard InChI is InChI=1S/C20H24N2O2.ClH/c21-20(12-6-7-13-20)19(23)22-14-17-10-4-5-11-18(17)24-15-16-8-2-1-3-9-16;/h1-5,8-11H,6-7,12-15,21H2,(H,22,23);1H. The predicted molar refractivity (Wildman–Crippen MR) is 102 cm³/mol. The molecule has 3 N–H and O–H groups in total. The summed E-state index contributed by atoms with van der Waals surface area (Å²) in [5, 5.41) is 2.98. The number of halogens is 1. The number of nitrogens with two attached hydrogens (primary N) is 1. The van der Waals surface area contributed by atoms with Crippen molar-refractivity contribution < 1.29 is 9.53 Å². The molecule has 3 rings (SSSR count). The van der Waals surface area contributed by atoms with Gasteiger partial charge >= 0.3 is 0 Å². The minimum Gasteiger partial charge on any atom is -0.489 e. The lowest BCUT2D eigenvalue weighted by Crippen LogP contribution is -2.51. The minimum atomic E-state index is -0.695. The molecule has 5 heteroatoms. The fraction of sp³-hybridized carbons (Fsp3) is 0.350. The Balaban J connectivity index is 0.00000225. The van der Waals surface area contributed by atoms with Crippen LogP contribution in [0.25, 0.3) is 0 Å². The summed E-state index contributed by atoms with van der Waals surface area (Å²) in [6, 6.07) is 17.8. The van der Waals surface area contributed by atoms with E-state index < -0.39 is 5.54 Å². The number of hydrogen-bond donors (Lipinski definition) is 2. The molecule has 0 heterocycles. The zero-order valence-corrected chi connectivity index (χ0v) is 15.1. The fourth-order valence-corrected chi connectivity index (χ4v) is 3.11. The van der Waals surface area contributed by atoms with Crippen molar-refractivity contribution in [2.24, 2.45) is 5.73 Å². The first kappa shape index (κ1) is 19.3. The van der Waals surface area contributed by atoms with Gasteiger partial charge in [-0.05, 0) is 24.5 Å². The van der Waals surface area contributed by atoms with E-state index in [1.807, 2.05) is 54.6 Å². The number of rotatable bonds is 6. The van der Waals surface area contributed by atoms with Crippen LogP contribution in [0.1, 0.15) is 36.8 Å². The lowest BCUT2D eigenvalue weighted by molar-refractivity contribution is -0.126. The van der Waals surface area contributed by atoms with Gasteiger partial charge in [-0.3, -0.25) is 4.79 Å². The first-order chi connectivity index (χ1) is 11.7. The molecule has 1 fully saturated rings. The summed E-state index contributed by atoms with van der Waals surface area (Å²) in [6.45, 7) is 0.940. The highest BCUT2D eigenvalue weighted by Crippen LogP contribution is 2.27. The number of hydrogen-bond acceptors (Lipinski definition) is 3. The van der Waals surface area contributed by atoms with E-state index in [0.29, 0.717) is 13.2 Å². The normalized spacial score (nSPS) is 15.2. The van der Waals surface area contributed by atoms with E-state index in [9.17, 15) is 4.79 Å². The van der Waals surface area contributed by atoms with Crippen LogP contribution in [0, 0.1) is 0 Å². The molecule has 0 spiro atoms. The number of benzene rings is 2. The SMILES string of the molecule is Cl.NC1(C(=O)NCc2ccccc2OCc2ccccc2)CCCC1. The van der Waals surface area contributed by atoms with Crippen LogP contribution < -0.4 is 15.8 Å². The number of ether oxygens (including phenoxy) is 1. The van der Waals surface area contributed by atoms with Gasteiger partial charge in [0.15, 0.2) is 0 Å². The van der Waals surface area contributed by atoms with Crippen molar-refractivity contribution in [2.45, 2.75) is 44.4 Å². The molecule has 0 aromatic heterocycles. The van der Waals surface area contributed by atoms with Crippen molar-refractivity contribution in [2.75, 3.05) is 0 Å².